The van der Waals surface area contributed by atoms with Crippen LogP contribution in [0.2, 0.25) is 0 Å². The summed E-state index contributed by atoms with van der Waals surface area (Å²) in [6.07, 6.45) is 1.35. The molecular formula is C25H23NO7. The first kappa shape index (κ1) is 22.1. The molecular weight excluding hydrogens is 426 g/mol. The maximum atomic E-state index is 12.7. The van der Waals surface area contributed by atoms with E-state index in [0.29, 0.717) is 33.2 Å². The molecule has 0 radical (unpaired) electrons. The van der Waals surface area contributed by atoms with Gasteiger partial charge in [-0.25, -0.2) is 9.59 Å². The van der Waals surface area contributed by atoms with Crippen molar-refractivity contribution in [2.24, 2.45) is 0 Å². The number of phenolic OH excluding ortho intramolecular Hbond substituents is 1. The topological polar surface area (TPSA) is 130 Å². The SMILES string of the molecule is Cc1coc2c(C)c3oc(=O)c(CC(=O)N[C@@H](Cc4ccc(O)cc4)C(=O)O)c(C)c3cc12. The zero-order chi connectivity index (χ0) is 23.9. The fraction of sp³-hybridized carbons (Fsp3) is 0.240. The Balaban J connectivity index is 1.63. The van der Waals surface area contributed by atoms with Crippen molar-refractivity contribution in [3.63, 3.8) is 0 Å². The first-order chi connectivity index (χ1) is 15.7. The van der Waals surface area contributed by atoms with Gasteiger partial charge >= 0.3 is 11.6 Å². The van der Waals surface area contributed by atoms with Gasteiger partial charge in [-0.1, -0.05) is 12.1 Å². The normalized spacial score (nSPS) is 12.2. The Morgan fingerprint density at radius 3 is 2.39 bits per heavy atom. The van der Waals surface area contributed by atoms with E-state index in [1.807, 2.05) is 19.9 Å². The van der Waals surface area contributed by atoms with Crippen molar-refractivity contribution >= 4 is 33.8 Å². The van der Waals surface area contributed by atoms with Gasteiger partial charge in [0, 0.05) is 22.8 Å². The van der Waals surface area contributed by atoms with Crippen molar-refractivity contribution in [1.82, 2.24) is 5.32 Å². The number of amides is 1. The highest BCUT2D eigenvalue weighted by Crippen LogP contribution is 2.32. The fourth-order valence-corrected chi connectivity index (χ4v) is 4.00. The summed E-state index contributed by atoms with van der Waals surface area (Å²) >= 11 is 0. The van der Waals surface area contributed by atoms with Gasteiger partial charge in [0.15, 0.2) is 0 Å². The predicted octanol–water partition coefficient (Wildman–Crippen LogP) is 3.52. The number of hydrogen-bond acceptors (Lipinski definition) is 6. The second-order valence-corrected chi connectivity index (χ2v) is 8.17. The quantitative estimate of drug-likeness (QED) is 0.384. The van der Waals surface area contributed by atoms with Crippen molar-refractivity contribution in [1.29, 1.82) is 0 Å². The summed E-state index contributed by atoms with van der Waals surface area (Å²) in [5.41, 5.74) is 3.46. The van der Waals surface area contributed by atoms with Gasteiger partial charge < -0.3 is 24.4 Å². The van der Waals surface area contributed by atoms with Crippen LogP contribution in [0.4, 0.5) is 0 Å². The molecule has 3 N–H and O–H groups in total. The number of carbonyl (C=O) groups is 2. The molecule has 4 rings (SSSR count). The highest BCUT2D eigenvalue weighted by Gasteiger charge is 2.23. The van der Waals surface area contributed by atoms with Crippen LogP contribution in [0.1, 0.15) is 27.8 Å². The molecule has 33 heavy (non-hydrogen) atoms. The van der Waals surface area contributed by atoms with E-state index in [-0.39, 0.29) is 24.2 Å². The van der Waals surface area contributed by atoms with Gasteiger partial charge in [0.05, 0.1) is 18.2 Å². The molecule has 0 fully saturated rings. The average Bonchev–Trinajstić information content (AvgIpc) is 3.14. The number of benzene rings is 2. The van der Waals surface area contributed by atoms with E-state index in [0.717, 1.165) is 10.9 Å². The van der Waals surface area contributed by atoms with E-state index in [9.17, 15) is 24.6 Å². The molecule has 2 aromatic carbocycles. The minimum Gasteiger partial charge on any atom is -0.508 e. The smallest absolute Gasteiger partial charge is 0.340 e. The van der Waals surface area contributed by atoms with E-state index in [2.05, 4.69) is 5.32 Å². The van der Waals surface area contributed by atoms with Gasteiger partial charge in [0.1, 0.15) is 23.0 Å². The Labute approximate surface area is 188 Å². The van der Waals surface area contributed by atoms with Gasteiger partial charge in [-0.2, -0.15) is 0 Å². The van der Waals surface area contributed by atoms with Crippen LogP contribution in [0.3, 0.4) is 0 Å². The Hall–Kier alpha value is -4.07. The van der Waals surface area contributed by atoms with Crippen LogP contribution in [-0.2, 0) is 22.4 Å². The molecule has 0 saturated heterocycles. The Morgan fingerprint density at radius 1 is 1.03 bits per heavy atom. The van der Waals surface area contributed by atoms with Crippen LogP contribution in [0, 0.1) is 20.8 Å². The lowest BCUT2D eigenvalue weighted by Crippen LogP contribution is -2.43. The first-order valence-corrected chi connectivity index (χ1v) is 10.4. The zero-order valence-corrected chi connectivity index (χ0v) is 18.4. The lowest BCUT2D eigenvalue weighted by molar-refractivity contribution is -0.141. The van der Waals surface area contributed by atoms with Crippen LogP contribution in [-0.4, -0.2) is 28.1 Å². The van der Waals surface area contributed by atoms with E-state index in [1.54, 1.807) is 25.3 Å². The van der Waals surface area contributed by atoms with Crippen LogP contribution < -0.4 is 10.9 Å². The number of carboxylic acid groups (broad SMARTS) is 1. The van der Waals surface area contributed by atoms with Crippen molar-refractivity contribution < 1.29 is 28.6 Å². The van der Waals surface area contributed by atoms with E-state index < -0.39 is 23.5 Å². The number of aliphatic carboxylic acids is 1. The molecule has 0 aliphatic heterocycles. The van der Waals surface area contributed by atoms with Crippen LogP contribution >= 0.6 is 0 Å². The Morgan fingerprint density at radius 2 is 1.73 bits per heavy atom. The summed E-state index contributed by atoms with van der Waals surface area (Å²) in [4.78, 5) is 37.1. The molecule has 0 aliphatic rings. The summed E-state index contributed by atoms with van der Waals surface area (Å²) in [5, 5.41) is 23.0. The molecule has 8 nitrogen and oxygen atoms in total. The number of rotatable bonds is 6. The van der Waals surface area contributed by atoms with Crippen molar-refractivity contribution in [2.75, 3.05) is 0 Å². The molecule has 8 heteroatoms. The van der Waals surface area contributed by atoms with Crippen LogP contribution in [0.5, 0.6) is 5.75 Å². The van der Waals surface area contributed by atoms with Gasteiger partial charge in [0.2, 0.25) is 5.91 Å². The number of furan rings is 1. The molecule has 0 aliphatic carbocycles. The average molecular weight is 449 g/mol. The van der Waals surface area contributed by atoms with Gasteiger partial charge in [-0.15, -0.1) is 0 Å². The molecule has 0 spiro atoms. The van der Waals surface area contributed by atoms with Crippen LogP contribution in [0.25, 0.3) is 21.9 Å². The number of phenols is 1. The minimum atomic E-state index is -1.20. The summed E-state index contributed by atoms with van der Waals surface area (Å²) < 4.78 is 11.1. The molecule has 2 aromatic heterocycles. The zero-order valence-electron chi connectivity index (χ0n) is 18.4. The fourth-order valence-electron chi connectivity index (χ4n) is 4.00. The highest BCUT2D eigenvalue weighted by molar-refractivity contribution is 6.00. The number of hydrogen-bond donors (Lipinski definition) is 3. The third kappa shape index (κ3) is 4.19. The number of fused-ring (bicyclic) bond motifs is 2. The number of aryl methyl sites for hydroxylation is 3. The molecule has 0 saturated carbocycles. The maximum absolute atomic E-state index is 12.7. The third-order valence-corrected chi connectivity index (χ3v) is 5.88. The Kier molecular flexibility index (Phi) is 5.68. The lowest BCUT2D eigenvalue weighted by atomic mass is 9.99. The minimum absolute atomic E-state index is 0.0314. The second kappa shape index (κ2) is 8.46. The van der Waals surface area contributed by atoms with E-state index in [1.165, 1.54) is 12.1 Å². The maximum Gasteiger partial charge on any atom is 0.340 e. The largest absolute Gasteiger partial charge is 0.508 e. The van der Waals surface area contributed by atoms with Gasteiger partial charge in [-0.3, -0.25) is 4.79 Å². The number of carbonyl (C=O) groups excluding carboxylic acids is 1. The molecule has 0 unspecified atom stereocenters. The van der Waals surface area contributed by atoms with Crippen molar-refractivity contribution in [3.05, 3.63) is 74.8 Å². The molecule has 1 atom stereocenters. The molecule has 4 aromatic rings. The predicted molar refractivity (Wildman–Crippen MR) is 122 cm³/mol. The van der Waals surface area contributed by atoms with Crippen molar-refractivity contribution in [3.8, 4) is 5.75 Å². The number of carboxylic acids is 1. The van der Waals surface area contributed by atoms with Crippen LogP contribution in [0.15, 0.2) is 50.2 Å². The summed E-state index contributed by atoms with van der Waals surface area (Å²) in [6.45, 7) is 5.47. The highest BCUT2D eigenvalue weighted by atomic mass is 16.4. The Bertz CT molecular complexity index is 1440. The second-order valence-electron chi connectivity index (χ2n) is 8.17. The van der Waals surface area contributed by atoms with Gasteiger partial charge in [-0.05, 0) is 55.7 Å². The van der Waals surface area contributed by atoms with E-state index in [4.69, 9.17) is 8.83 Å². The standard InChI is InChI=1S/C25H23NO7/c1-12-11-32-22-14(3)23-18(9-17(12)22)13(2)19(25(31)33-23)10-21(28)26-20(24(29)30)8-15-4-6-16(27)7-5-15/h4-7,9,11,20,27H,8,10H2,1-3H3,(H,26,28)(H,29,30)/t20-/m0/s1. The molecule has 1 amide bonds. The number of nitrogens with one attached hydrogen (secondary N) is 1. The van der Waals surface area contributed by atoms with Crippen molar-refractivity contribution in [2.45, 2.75) is 39.7 Å². The monoisotopic (exact) mass is 449 g/mol. The molecule has 2 heterocycles. The molecule has 0 bridgehead atoms. The number of aromatic hydroxyl groups is 1. The third-order valence-electron chi connectivity index (χ3n) is 5.88. The summed E-state index contributed by atoms with van der Waals surface area (Å²) in [7, 11) is 0. The summed E-state index contributed by atoms with van der Waals surface area (Å²) in [5.74, 6) is -1.74. The summed E-state index contributed by atoms with van der Waals surface area (Å²) in [6, 6.07) is 6.74. The lowest BCUT2D eigenvalue weighted by Gasteiger charge is -2.15. The van der Waals surface area contributed by atoms with E-state index >= 15 is 0 Å². The first-order valence-electron chi connectivity index (χ1n) is 10.4. The molecule has 170 valence electrons. The van der Waals surface area contributed by atoms with Gasteiger partial charge in [0.25, 0.3) is 0 Å².